The number of amides is 1. The number of thioether (sulfide) groups is 1. The molecule has 9 heteroatoms. The number of nitriles is 1. The van der Waals surface area contributed by atoms with E-state index >= 15 is 0 Å². The number of nitrogens with zero attached hydrogens (tertiary/aromatic N) is 5. The van der Waals surface area contributed by atoms with E-state index in [1.165, 1.54) is 11.8 Å². The van der Waals surface area contributed by atoms with Gasteiger partial charge in [0.25, 0.3) is 11.5 Å². The highest BCUT2D eigenvalue weighted by atomic mass is 32.2. The van der Waals surface area contributed by atoms with Crippen molar-refractivity contribution < 1.29 is 4.79 Å². The molecule has 0 saturated carbocycles. The molecule has 0 atom stereocenters. The van der Waals surface area contributed by atoms with Crippen molar-refractivity contribution in [1.29, 1.82) is 5.26 Å². The van der Waals surface area contributed by atoms with E-state index < -0.39 is 0 Å². The summed E-state index contributed by atoms with van der Waals surface area (Å²) in [5, 5.41) is 9.64. The van der Waals surface area contributed by atoms with Crippen LogP contribution >= 0.6 is 24.0 Å². The predicted octanol–water partition coefficient (Wildman–Crippen LogP) is 2.41. The number of hydrogen-bond acceptors (Lipinski definition) is 7. The van der Waals surface area contributed by atoms with Crippen LogP contribution in [0.3, 0.4) is 0 Å². The molecule has 7 nitrogen and oxygen atoms in total. The van der Waals surface area contributed by atoms with E-state index in [4.69, 9.17) is 12.2 Å². The third-order valence-electron chi connectivity index (χ3n) is 5.56. The number of piperazine rings is 1. The Kier molecular flexibility index (Phi) is 7.01. The maximum absolute atomic E-state index is 13.0. The average molecular weight is 446 g/mol. The highest BCUT2D eigenvalue weighted by molar-refractivity contribution is 8.26. The van der Waals surface area contributed by atoms with E-state index in [0.29, 0.717) is 27.9 Å². The first kappa shape index (κ1) is 22.5. The normalized spacial score (nSPS) is 19.1. The summed E-state index contributed by atoms with van der Waals surface area (Å²) in [7, 11) is 2.08. The lowest BCUT2D eigenvalue weighted by Crippen LogP contribution is -2.47. The lowest BCUT2D eigenvalue weighted by Gasteiger charge is -2.36. The molecule has 2 saturated heterocycles. The summed E-state index contributed by atoms with van der Waals surface area (Å²) in [4.78, 5) is 32.5. The summed E-state index contributed by atoms with van der Waals surface area (Å²) in [5.41, 5.74) is 1.23. The lowest BCUT2D eigenvalue weighted by atomic mass is 10.0. The number of anilines is 1. The van der Waals surface area contributed by atoms with E-state index in [-0.39, 0.29) is 17.0 Å². The molecule has 3 heterocycles. The van der Waals surface area contributed by atoms with Crippen LogP contribution in [0.5, 0.6) is 0 Å². The number of thiocarbonyl (C=S) groups is 1. The standard InChI is InChI=1S/C21H27N5O2S2/c1-5-7-26-20(28)17(30-21(26)29)12-15-14(3)16(13-22)19(27)25(6-2)18(15)24-10-8-23(4)9-11-24/h12H,5-11H2,1-4H3/b17-12-. The van der Waals surface area contributed by atoms with Gasteiger partial charge in [-0.05, 0) is 39.0 Å². The van der Waals surface area contributed by atoms with Crippen molar-refractivity contribution in [3.63, 3.8) is 0 Å². The predicted molar refractivity (Wildman–Crippen MR) is 126 cm³/mol. The minimum Gasteiger partial charge on any atom is -0.355 e. The van der Waals surface area contributed by atoms with Crippen LogP contribution in [0.2, 0.25) is 0 Å². The van der Waals surface area contributed by atoms with Gasteiger partial charge in [-0.3, -0.25) is 19.1 Å². The van der Waals surface area contributed by atoms with Crippen LogP contribution < -0.4 is 10.5 Å². The monoisotopic (exact) mass is 445 g/mol. The maximum Gasteiger partial charge on any atom is 0.270 e. The van der Waals surface area contributed by atoms with Crippen molar-refractivity contribution in [2.75, 3.05) is 44.7 Å². The summed E-state index contributed by atoms with van der Waals surface area (Å²) < 4.78 is 2.21. The molecule has 0 aromatic carbocycles. The van der Waals surface area contributed by atoms with Gasteiger partial charge in [0.1, 0.15) is 21.8 Å². The zero-order valence-corrected chi connectivity index (χ0v) is 19.5. The highest BCUT2D eigenvalue weighted by Gasteiger charge is 2.33. The van der Waals surface area contributed by atoms with Crippen molar-refractivity contribution in [3.05, 3.63) is 31.9 Å². The molecule has 2 fully saturated rings. The zero-order chi connectivity index (χ0) is 22.0. The van der Waals surface area contributed by atoms with Crippen molar-refractivity contribution in [3.8, 4) is 6.07 Å². The third-order valence-corrected chi connectivity index (χ3v) is 6.94. The Morgan fingerprint density at radius 3 is 2.43 bits per heavy atom. The summed E-state index contributed by atoms with van der Waals surface area (Å²) in [6.07, 6.45) is 2.65. The highest BCUT2D eigenvalue weighted by Crippen LogP contribution is 2.36. The van der Waals surface area contributed by atoms with Crippen molar-refractivity contribution in [2.45, 2.75) is 33.7 Å². The molecule has 0 aliphatic carbocycles. The van der Waals surface area contributed by atoms with Gasteiger partial charge < -0.3 is 9.80 Å². The average Bonchev–Trinajstić information content (AvgIpc) is 2.98. The van der Waals surface area contributed by atoms with Crippen LogP contribution in [0.15, 0.2) is 9.70 Å². The second-order valence-corrected chi connectivity index (χ2v) is 9.20. The smallest absolute Gasteiger partial charge is 0.270 e. The molecule has 3 rings (SSSR count). The fraction of sp³-hybridized carbons (Fsp3) is 0.524. The third kappa shape index (κ3) is 4.04. The molecule has 160 valence electrons. The van der Waals surface area contributed by atoms with E-state index in [1.54, 1.807) is 16.4 Å². The molecule has 0 N–H and O–H groups in total. The molecule has 0 unspecified atom stereocenters. The Labute approximate surface area is 186 Å². The van der Waals surface area contributed by atoms with Gasteiger partial charge in [-0.1, -0.05) is 30.9 Å². The molecule has 2 aliphatic rings. The number of carbonyl (C=O) groups excluding carboxylic acids is 1. The molecule has 30 heavy (non-hydrogen) atoms. The summed E-state index contributed by atoms with van der Waals surface area (Å²) >= 11 is 6.69. The van der Waals surface area contributed by atoms with Gasteiger partial charge in [0.05, 0.1) is 4.91 Å². The minimum absolute atomic E-state index is 0.108. The number of likely N-dealkylation sites (N-methyl/N-ethyl adjacent to an activating group) is 1. The number of pyridine rings is 1. The van der Waals surface area contributed by atoms with Crippen LogP contribution in [0.4, 0.5) is 5.82 Å². The molecule has 1 amide bonds. The van der Waals surface area contributed by atoms with Gasteiger partial charge >= 0.3 is 0 Å². The number of carbonyl (C=O) groups is 1. The second-order valence-electron chi connectivity index (χ2n) is 7.52. The first-order valence-electron chi connectivity index (χ1n) is 10.2. The van der Waals surface area contributed by atoms with Crippen molar-refractivity contribution in [2.24, 2.45) is 0 Å². The van der Waals surface area contributed by atoms with Gasteiger partial charge in [-0.15, -0.1) is 0 Å². The Hall–Kier alpha value is -2.15. The van der Waals surface area contributed by atoms with Crippen LogP contribution in [0.25, 0.3) is 6.08 Å². The Balaban J connectivity index is 2.20. The number of aromatic nitrogens is 1. The quantitative estimate of drug-likeness (QED) is 0.509. The second kappa shape index (κ2) is 9.33. The Morgan fingerprint density at radius 2 is 1.87 bits per heavy atom. The van der Waals surface area contributed by atoms with Crippen LogP contribution in [0.1, 0.15) is 37.0 Å². The van der Waals surface area contributed by atoms with E-state index in [1.807, 2.05) is 19.9 Å². The van der Waals surface area contributed by atoms with Gasteiger partial charge in [-0.25, -0.2) is 0 Å². The molecule has 0 spiro atoms. The molecule has 0 radical (unpaired) electrons. The van der Waals surface area contributed by atoms with Gasteiger partial charge in [-0.2, -0.15) is 5.26 Å². The fourth-order valence-corrected chi connectivity index (χ4v) is 5.13. The first-order chi connectivity index (χ1) is 14.3. The SMILES string of the molecule is CCCN1C(=O)/C(=C/c2c(C)c(C#N)c(=O)n(CC)c2N2CCN(C)CC2)SC1=S. The van der Waals surface area contributed by atoms with E-state index in [0.717, 1.165) is 44.0 Å². The van der Waals surface area contributed by atoms with Crippen LogP contribution in [0, 0.1) is 18.3 Å². The fourth-order valence-electron chi connectivity index (χ4n) is 3.84. The van der Waals surface area contributed by atoms with Gasteiger partial charge in [0.15, 0.2) is 0 Å². The van der Waals surface area contributed by atoms with E-state index in [2.05, 4.69) is 22.9 Å². The number of hydrogen-bond donors (Lipinski definition) is 0. The zero-order valence-electron chi connectivity index (χ0n) is 17.9. The van der Waals surface area contributed by atoms with E-state index in [9.17, 15) is 14.9 Å². The first-order valence-corrected chi connectivity index (χ1v) is 11.4. The van der Waals surface area contributed by atoms with Gasteiger partial charge in [0, 0.05) is 44.8 Å². The molecular formula is C21H27N5O2S2. The molecule has 1 aromatic rings. The number of rotatable bonds is 5. The van der Waals surface area contributed by atoms with Crippen LogP contribution in [-0.2, 0) is 11.3 Å². The minimum atomic E-state index is -0.276. The topological polar surface area (TPSA) is 72.6 Å². The lowest BCUT2D eigenvalue weighted by molar-refractivity contribution is -0.122. The molecule has 0 bridgehead atoms. The van der Waals surface area contributed by atoms with Crippen LogP contribution in [-0.4, -0.2) is 64.4 Å². The van der Waals surface area contributed by atoms with Crippen molar-refractivity contribution >= 4 is 46.1 Å². The summed E-state index contributed by atoms with van der Waals surface area (Å²) in [6.45, 7) is 10.1. The van der Waals surface area contributed by atoms with Gasteiger partial charge in [0.2, 0.25) is 0 Å². The summed E-state index contributed by atoms with van der Waals surface area (Å²) in [5.74, 6) is 0.677. The molecule has 1 aromatic heterocycles. The largest absolute Gasteiger partial charge is 0.355 e. The maximum atomic E-state index is 13.0. The molecular weight excluding hydrogens is 418 g/mol. The molecule has 2 aliphatic heterocycles. The summed E-state index contributed by atoms with van der Waals surface area (Å²) in [6, 6.07) is 2.07. The van der Waals surface area contributed by atoms with Crippen molar-refractivity contribution in [1.82, 2.24) is 14.4 Å². The Bertz CT molecular complexity index is 1000. The Morgan fingerprint density at radius 1 is 1.20 bits per heavy atom.